The Morgan fingerprint density at radius 1 is 1.00 bits per heavy atom. The number of hydrogen-bond donors (Lipinski definition) is 4. The highest BCUT2D eigenvalue weighted by Gasteiger charge is 2.37. The van der Waals surface area contributed by atoms with Crippen LogP contribution in [0.4, 0.5) is 5.69 Å². The van der Waals surface area contributed by atoms with Gasteiger partial charge in [-0.15, -0.1) is 10.2 Å². The molecule has 9 nitrogen and oxygen atoms in total. The number of anilines is 1. The minimum atomic E-state index is -0.434. The van der Waals surface area contributed by atoms with Gasteiger partial charge in [0.1, 0.15) is 12.4 Å². The first-order valence-corrected chi connectivity index (χ1v) is 12.2. The Morgan fingerprint density at radius 2 is 1.83 bits per heavy atom. The van der Waals surface area contributed by atoms with E-state index in [0.29, 0.717) is 18.0 Å². The van der Waals surface area contributed by atoms with Crippen LogP contribution in [0.25, 0.3) is 11.4 Å². The van der Waals surface area contributed by atoms with Crippen LogP contribution in [0.1, 0.15) is 40.6 Å². The Balaban J connectivity index is 1.23. The lowest BCUT2D eigenvalue weighted by atomic mass is 9.87. The summed E-state index contributed by atoms with van der Waals surface area (Å²) in [5, 5.41) is 19.1. The molecular formula is C27H27N7O2. The molecule has 1 atom stereocenters. The first-order valence-electron chi connectivity index (χ1n) is 12.2. The molecule has 1 fully saturated rings. The quantitative estimate of drug-likeness (QED) is 0.333. The molecule has 4 aromatic rings. The lowest BCUT2D eigenvalue weighted by molar-refractivity contribution is 0.0930. The number of para-hydroxylation sites is 1. The van der Waals surface area contributed by atoms with Gasteiger partial charge in [-0.05, 0) is 62.3 Å². The molecule has 0 aliphatic carbocycles. The molecule has 36 heavy (non-hydrogen) atoms. The smallest absolute Gasteiger partial charge is 0.251 e. The normalized spacial score (nSPS) is 18.2. The van der Waals surface area contributed by atoms with E-state index in [1.54, 1.807) is 12.4 Å². The maximum Gasteiger partial charge on any atom is 0.251 e. The van der Waals surface area contributed by atoms with E-state index < -0.39 is 5.54 Å². The molecule has 6 rings (SSSR count). The molecule has 1 amide bonds. The number of hydrogen-bond acceptors (Lipinski definition) is 7. The summed E-state index contributed by atoms with van der Waals surface area (Å²) in [6.07, 6.45) is 5.13. The average molecular weight is 482 g/mol. The van der Waals surface area contributed by atoms with E-state index in [1.807, 2.05) is 60.7 Å². The molecule has 4 heterocycles. The minimum absolute atomic E-state index is 0.136. The first-order chi connectivity index (χ1) is 17.7. The Hall–Kier alpha value is -4.24. The zero-order valence-electron chi connectivity index (χ0n) is 19.7. The van der Waals surface area contributed by atoms with Crippen molar-refractivity contribution >= 4 is 11.6 Å². The summed E-state index contributed by atoms with van der Waals surface area (Å²) in [6, 6.07) is 19.0. The van der Waals surface area contributed by atoms with Crippen molar-refractivity contribution < 1.29 is 9.53 Å². The summed E-state index contributed by atoms with van der Waals surface area (Å²) in [4.78, 5) is 20.6. The second-order valence-corrected chi connectivity index (χ2v) is 9.17. The van der Waals surface area contributed by atoms with Gasteiger partial charge < -0.3 is 25.7 Å². The van der Waals surface area contributed by atoms with E-state index in [-0.39, 0.29) is 11.9 Å². The van der Waals surface area contributed by atoms with Gasteiger partial charge in [-0.25, -0.2) is 0 Å². The molecule has 0 radical (unpaired) electrons. The molecule has 182 valence electrons. The maximum absolute atomic E-state index is 13.1. The zero-order chi connectivity index (χ0) is 24.4. The number of fused-ring (bicyclic) bond motifs is 1. The van der Waals surface area contributed by atoms with Crippen molar-refractivity contribution in [3.8, 4) is 17.1 Å². The van der Waals surface area contributed by atoms with Crippen LogP contribution in [-0.4, -0.2) is 45.8 Å². The monoisotopic (exact) mass is 481 g/mol. The highest BCUT2D eigenvalue weighted by atomic mass is 16.5. The van der Waals surface area contributed by atoms with Crippen LogP contribution in [0.5, 0.6) is 5.75 Å². The zero-order valence-corrected chi connectivity index (χ0v) is 19.7. The fourth-order valence-electron chi connectivity index (χ4n) is 4.93. The fourth-order valence-corrected chi connectivity index (χ4v) is 4.93. The van der Waals surface area contributed by atoms with E-state index in [2.05, 4.69) is 36.1 Å². The SMILES string of the molecule is O=C(N[C@H]1COc2ccccc21)c1cccc(NC2(c3nnc(-c4ccncc4)[nH]3)CCNCC2)c1. The van der Waals surface area contributed by atoms with Gasteiger partial charge in [-0.1, -0.05) is 24.3 Å². The number of benzene rings is 2. The third kappa shape index (κ3) is 4.29. The highest BCUT2D eigenvalue weighted by Crippen LogP contribution is 2.34. The summed E-state index contributed by atoms with van der Waals surface area (Å²) in [6.45, 7) is 2.13. The summed E-state index contributed by atoms with van der Waals surface area (Å²) in [5.41, 5.74) is 2.95. The third-order valence-corrected chi connectivity index (χ3v) is 6.86. The molecule has 0 spiro atoms. The van der Waals surface area contributed by atoms with Crippen molar-refractivity contribution in [1.82, 2.24) is 30.8 Å². The number of nitrogens with one attached hydrogen (secondary N) is 4. The molecule has 0 saturated carbocycles. The number of H-pyrrole nitrogens is 1. The number of pyridine rings is 1. The number of nitrogens with zero attached hydrogens (tertiary/aromatic N) is 3. The van der Waals surface area contributed by atoms with Gasteiger partial charge >= 0.3 is 0 Å². The number of aromatic nitrogens is 4. The van der Waals surface area contributed by atoms with E-state index in [9.17, 15) is 4.79 Å². The Bertz CT molecular complexity index is 1370. The van der Waals surface area contributed by atoms with Gasteiger partial charge in [-0.2, -0.15) is 0 Å². The van der Waals surface area contributed by atoms with E-state index in [4.69, 9.17) is 4.74 Å². The van der Waals surface area contributed by atoms with E-state index >= 15 is 0 Å². The summed E-state index contributed by atoms with van der Waals surface area (Å²) >= 11 is 0. The largest absolute Gasteiger partial charge is 0.491 e. The van der Waals surface area contributed by atoms with Crippen molar-refractivity contribution in [3.63, 3.8) is 0 Å². The molecule has 9 heteroatoms. The number of aromatic amines is 1. The second-order valence-electron chi connectivity index (χ2n) is 9.17. The van der Waals surface area contributed by atoms with Gasteiger partial charge in [-0.3, -0.25) is 9.78 Å². The van der Waals surface area contributed by atoms with Crippen molar-refractivity contribution in [3.05, 3.63) is 90.0 Å². The fraction of sp³-hybridized carbons (Fsp3) is 0.259. The molecular weight excluding hydrogens is 454 g/mol. The summed E-state index contributed by atoms with van der Waals surface area (Å²) in [5.74, 6) is 2.18. The number of rotatable bonds is 6. The molecule has 0 unspecified atom stereocenters. The van der Waals surface area contributed by atoms with Crippen LogP contribution >= 0.6 is 0 Å². The van der Waals surface area contributed by atoms with E-state index in [0.717, 1.165) is 54.3 Å². The van der Waals surface area contributed by atoms with Crippen LogP contribution in [0.2, 0.25) is 0 Å². The summed E-state index contributed by atoms with van der Waals surface area (Å²) < 4.78 is 5.72. The number of carbonyl (C=O) groups is 1. The number of ether oxygens (including phenoxy) is 1. The number of amides is 1. The van der Waals surface area contributed by atoms with Crippen LogP contribution in [0, 0.1) is 0 Å². The number of carbonyl (C=O) groups excluding carboxylic acids is 1. The highest BCUT2D eigenvalue weighted by molar-refractivity contribution is 5.95. The van der Waals surface area contributed by atoms with Crippen molar-refractivity contribution in [2.75, 3.05) is 25.0 Å². The average Bonchev–Trinajstić information content (AvgIpc) is 3.59. The van der Waals surface area contributed by atoms with Gasteiger partial charge in [0.15, 0.2) is 11.6 Å². The van der Waals surface area contributed by atoms with Crippen molar-refractivity contribution in [2.45, 2.75) is 24.4 Å². The predicted molar refractivity (Wildman–Crippen MR) is 136 cm³/mol. The van der Waals surface area contributed by atoms with Gasteiger partial charge in [0.2, 0.25) is 0 Å². The van der Waals surface area contributed by atoms with Crippen LogP contribution in [-0.2, 0) is 5.54 Å². The Kier molecular flexibility index (Phi) is 5.82. The molecule has 2 aliphatic rings. The Morgan fingerprint density at radius 3 is 2.69 bits per heavy atom. The lowest BCUT2D eigenvalue weighted by Gasteiger charge is -2.37. The molecule has 4 N–H and O–H groups in total. The van der Waals surface area contributed by atoms with E-state index in [1.165, 1.54) is 0 Å². The molecule has 2 aliphatic heterocycles. The third-order valence-electron chi connectivity index (χ3n) is 6.86. The van der Waals surface area contributed by atoms with Crippen LogP contribution in [0.15, 0.2) is 73.1 Å². The molecule has 0 bridgehead atoms. The standard InChI is InChI=1S/C27H27N7O2/c35-25(30-22-17-36-23-7-2-1-6-21(22)23)19-4-3-5-20(16-19)32-27(10-14-29-15-11-27)26-31-24(33-34-26)18-8-12-28-13-9-18/h1-9,12-13,16,22,29,32H,10-11,14-15,17H2,(H,30,35)(H,31,33,34)/t22-/m0/s1. The first kappa shape index (κ1) is 22.2. The predicted octanol–water partition coefficient (Wildman–Crippen LogP) is 3.42. The number of piperidine rings is 1. The molecule has 2 aromatic heterocycles. The van der Waals surface area contributed by atoms with Crippen LogP contribution < -0.4 is 20.7 Å². The molecule has 1 saturated heterocycles. The second kappa shape index (κ2) is 9.43. The van der Waals surface area contributed by atoms with Crippen molar-refractivity contribution in [2.24, 2.45) is 0 Å². The lowest BCUT2D eigenvalue weighted by Crippen LogP contribution is -2.46. The Labute approximate surface area is 208 Å². The van der Waals surface area contributed by atoms with Gasteiger partial charge in [0.25, 0.3) is 5.91 Å². The van der Waals surface area contributed by atoms with Crippen LogP contribution in [0.3, 0.4) is 0 Å². The van der Waals surface area contributed by atoms with Gasteiger partial charge in [0.05, 0.1) is 11.6 Å². The summed E-state index contributed by atoms with van der Waals surface area (Å²) in [7, 11) is 0. The molecule has 2 aromatic carbocycles. The maximum atomic E-state index is 13.1. The van der Waals surface area contributed by atoms with Gasteiger partial charge in [0, 0.05) is 34.8 Å². The van der Waals surface area contributed by atoms with Crippen molar-refractivity contribution in [1.29, 1.82) is 0 Å². The minimum Gasteiger partial charge on any atom is -0.491 e. The topological polar surface area (TPSA) is 117 Å².